The van der Waals surface area contributed by atoms with Crippen LogP contribution in [-0.2, 0) is 0 Å². The third-order valence-corrected chi connectivity index (χ3v) is 4.07. The fraction of sp³-hybridized carbons (Fsp3) is 0.769. The Kier molecular flexibility index (Phi) is 4.27. The molecule has 2 aliphatic rings. The molecule has 5 N–H and O–H groups in total. The average molecular weight is 277 g/mol. The second-order valence-electron chi connectivity index (χ2n) is 5.72. The summed E-state index contributed by atoms with van der Waals surface area (Å²) in [6.07, 6.45) is 6.98. The number of rotatable bonds is 4. The fourth-order valence-electron chi connectivity index (χ4n) is 2.84. The Morgan fingerprint density at radius 1 is 1.00 bits per heavy atom. The molecule has 1 aliphatic heterocycles. The molecule has 0 spiro atoms. The van der Waals surface area contributed by atoms with Gasteiger partial charge in [0.2, 0.25) is 11.9 Å². The molecule has 1 saturated heterocycles. The topological polar surface area (TPSA) is 101 Å². The first-order chi connectivity index (χ1) is 9.79. The van der Waals surface area contributed by atoms with E-state index in [9.17, 15) is 0 Å². The second kappa shape index (κ2) is 6.32. The second-order valence-corrected chi connectivity index (χ2v) is 5.72. The van der Waals surface area contributed by atoms with Gasteiger partial charge in [-0.25, -0.2) is 9.97 Å². The lowest BCUT2D eigenvalue weighted by Crippen LogP contribution is -2.33. The molecule has 3 rings (SSSR count). The Balaban J connectivity index is 1.56. The first-order valence-corrected chi connectivity index (χ1v) is 7.48. The van der Waals surface area contributed by atoms with Gasteiger partial charge in [-0.1, -0.05) is 0 Å². The molecule has 2 fully saturated rings. The van der Waals surface area contributed by atoms with Gasteiger partial charge in [0, 0.05) is 24.7 Å². The molecule has 7 nitrogen and oxygen atoms in total. The molecule has 2 heterocycles. The van der Waals surface area contributed by atoms with Gasteiger partial charge in [0.15, 0.2) is 0 Å². The van der Waals surface area contributed by atoms with Crippen molar-refractivity contribution < 1.29 is 0 Å². The summed E-state index contributed by atoms with van der Waals surface area (Å²) in [6.45, 7) is 2.02. The SMILES string of the molecule is NC1CCC(Nc2ncnc(N[C@@H]3CCNC3)n2)CC1. The molecule has 1 aromatic heterocycles. The zero-order valence-electron chi connectivity index (χ0n) is 11.7. The van der Waals surface area contributed by atoms with E-state index in [4.69, 9.17) is 5.73 Å². The van der Waals surface area contributed by atoms with Crippen LogP contribution in [0.3, 0.4) is 0 Å². The molecule has 20 heavy (non-hydrogen) atoms. The van der Waals surface area contributed by atoms with Crippen LogP contribution >= 0.6 is 0 Å². The summed E-state index contributed by atoms with van der Waals surface area (Å²) in [6, 6.07) is 1.20. The van der Waals surface area contributed by atoms with Crippen LogP contribution < -0.4 is 21.7 Å². The van der Waals surface area contributed by atoms with E-state index in [1.807, 2.05) is 0 Å². The van der Waals surface area contributed by atoms with Crippen molar-refractivity contribution in [1.82, 2.24) is 20.3 Å². The first kappa shape index (κ1) is 13.5. The van der Waals surface area contributed by atoms with Gasteiger partial charge in [-0.05, 0) is 38.6 Å². The number of nitrogens with one attached hydrogen (secondary N) is 3. The van der Waals surface area contributed by atoms with Crippen molar-refractivity contribution in [2.45, 2.75) is 50.2 Å². The lowest BCUT2D eigenvalue weighted by atomic mass is 9.92. The Labute approximate surface area is 119 Å². The summed E-state index contributed by atoms with van der Waals surface area (Å²) < 4.78 is 0. The largest absolute Gasteiger partial charge is 0.351 e. The summed E-state index contributed by atoms with van der Waals surface area (Å²) in [5.41, 5.74) is 5.92. The molecule has 0 radical (unpaired) electrons. The minimum atomic E-state index is 0.360. The van der Waals surface area contributed by atoms with Gasteiger partial charge in [-0.15, -0.1) is 0 Å². The fourth-order valence-corrected chi connectivity index (χ4v) is 2.84. The number of aromatic nitrogens is 3. The van der Waals surface area contributed by atoms with E-state index in [1.165, 1.54) is 0 Å². The smallest absolute Gasteiger partial charge is 0.227 e. The predicted octanol–water partition coefficient (Wildman–Crippen LogP) is 0.327. The quantitative estimate of drug-likeness (QED) is 0.629. The number of nitrogens with zero attached hydrogens (tertiary/aromatic N) is 3. The normalized spacial score (nSPS) is 30.1. The summed E-state index contributed by atoms with van der Waals surface area (Å²) in [7, 11) is 0. The van der Waals surface area contributed by atoms with Gasteiger partial charge in [-0.2, -0.15) is 4.98 Å². The molecule has 0 aromatic carbocycles. The van der Waals surface area contributed by atoms with E-state index in [0.717, 1.165) is 45.2 Å². The van der Waals surface area contributed by atoms with Crippen LogP contribution in [0.4, 0.5) is 11.9 Å². The van der Waals surface area contributed by atoms with Crippen LogP contribution in [0.2, 0.25) is 0 Å². The minimum Gasteiger partial charge on any atom is -0.351 e. The summed E-state index contributed by atoms with van der Waals surface area (Å²) in [5, 5.41) is 10.0. The van der Waals surface area contributed by atoms with Crippen LogP contribution in [0.1, 0.15) is 32.1 Å². The van der Waals surface area contributed by atoms with E-state index in [0.29, 0.717) is 30.0 Å². The highest BCUT2D eigenvalue weighted by atomic mass is 15.2. The molecular weight excluding hydrogens is 254 g/mol. The molecule has 1 aliphatic carbocycles. The van der Waals surface area contributed by atoms with Gasteiger partial charge in [0.05, 0.1) is 0 Å². The van der Waals surface area contributed by atoms with E-state index < -0.39 is 0 Å². The van der Waals surface area contributed by atoms with Crippen LogP contribution in [0.5, 0.6) is 0 Å². The van der Waals surface area contributed by atoms with Gasteiger partial charge >= 0.3 is 0 Å². The lowest BCUT2D eigenvalue weighted by molar-refractivity contribution is 0.410. The number of anilines is 2. The zero-order chi connectivity index (χ0) is 13.8. The Hall–Kier alpha value is -1.47. The number of nitrogens with two attached hydrogens (primary N) is 1. The predicted molar refractivity (Wildman–Crippen MR) is 78.6 cm³/mol. The zero-order valence-corrected chi connectivity index (χ0v) is 11.7. The Morgan fingerprint density at radius 3 is 2.35 bits per heavy atom. The highest BCUT2D eigenvalue weighted by Gasteiger charge is 2.19. The molecule has 0 unspecified atom stereocenters. The maximum absolute atomic E-state index is 5.92. The van der Waals surface area contributed by atoms with E-state index in [1.54, 1.807) is 6.33 Å². The van der Waals surface area contributed by atoms with Gasteiger partial charge in [0.25, 0.3) is 0 Å². The lowest BCUT2D eigenvalue weighted by Gasteiger charge is -2.26. The van der Waals surface area contributed by atoms with Crippen molar-refractivity contribution in [2.75, 3.05) is 23.7 Å². The molecule has 0 bridgehead atoms. The molecular formula is C13H23N7. The number of hydrogen-bond donors (Lipinski definition) is 4. The number of hydrogen-bond acceptors (Lipinski definition) is 7. The van der Waals surface area contributed by atoms with E-state index >= 15 is 0 Å². The highest BCUT2D eigenvalue weighted by Crippen LogP contribution is 2.19. The summed E-state index contributed by atoms with van der Waals surface area (Å²) >= 11 is 0. The maximum atomic E-state index is 5.92. The summed E-state index contributed by atoms with van der Waals surface area (Å²) in [4.78, 5) is 12.8. The van der Waals surface area contributed by atoms with Crippen molar-refractivity contribution in [3.05, 3.63) is 6.33 Å². The van der Waals surface area contributed by atoms with Crippen LogP contribution in [0, 0.1) is 0 Å². The van der Waals surface area contributed by atoms with Crippen molar-refractivity contribution in [2.24, 2.45) is 5.73 Å². The molecule has 1 saturated carbocycles. The third-order valence-electron chi connectivity index (χ3n) is 4.07. The van der Waals surface area contributed by atoms with Crippen molar-refractivity contribution in [3.8, 4) is 0 Å². The molecule has 1 aromatic rings. The van der Waals surface area contributed by atoms with Crippen molar-refractivity contribution in [1.29, 1.82) is 0 Å². The maximum Gasteiger partial charge on any atom is 0.227 e. The average Bonchev–Trinajstić information content (AvgIpc) is 2.95. The van der Waals surface area contributed by atoms with Gasteiger partial charge in [0.1, 0.15) is 6.33 Å². The van der Waals surface area contributed by atoms with Gasteiger partial charge in [-0.3, -0.25) is 0 Å². The highest BCUT2D eigenvalue weighted by molar-refractivity contribution is 5.34. The minimum absolute atomic E-state index is 0.360. The van der Waals surface area contributed by atoms with Crippen molar-refractivity contribution in [3.63, 3.8) is 0 Å². The third kappa shape index (κ3) is 3.55. The Morgan fingerprint density at radius 2 is 1.70 bits per heavy atom. The Bertz CT molecular complexity index is 424. The van der Waals surface area contributed by atoms with Gasteiger partial charge < -0.3 is 21.7 Å². The van der Waals surface area contributed by atoms with E-state index in [-0.39, 0.29) is 0 Å². The van der Waals surface area contributed by atoms with E-state index in [2.05, 4.69) is 30.9 Å². The standard InChI is InChI=1S/C13H23N7/c14-9-1-3-10(4-2-9)18-12-16-8-17-13(20-12)19-11-5-6-15-7-11/h8-11,15H,1-7,14H2,(H2,16,17,18,19,20)/t9?,10?,11-/m1/s1. The van der Waals surface area contributed by atoms with Crippen LogP contribution in [-0.4, -0.2) is 46.2 Å². The monoisotopic (exact) mass is 277 g/mol. The van der Waals surface area contributed by atoms with Crippen LogP contribution in [0.15, 0.2) is 6.33 Å². The molecule has 7 heteroatoms. The van der Waals surface area contributed by atoms with Crippen LogP contribution in [0.25, 0.3) is 0 Å². The molecule has 0 amide bonds. The van der Waals surface area contributed by atoms with Crippen molar-refractivity contribution >= 4 is 11.9 Å². The summed E-state index contributed by atoms with van der Waals surface area (Å²) in [5.74, 6) is 1.32. The molecule has 1 atom stereocenters. The molecule has 110 valence electrons. The first-order valence-electron chi connectivity index (χ1n) is 7.48.